The minimum absolute atomic E-state index is 0.276. The van der Waals surface area contributed by atoms with Gasteiger partial charge in [-0.1, -0.05) is 43.7 Å². The number of hydrogen-bond donors (Lipinski definition) is 0. The molecular formula is C19H21FO2. The molecule has 0 bridgehead atoms. The van der Waals surface area contributed by atoms with Crippen LogP contribution >= 0.6 is 0 Å². The van der Waals surface area contributed by atoms with Gasteiger partial charge in [-0.3, -0.25) is 0 Å². The van der Waals surface area contributed by atoms with Gasteiger partial charge in [0.2, 0.25) is 0 Å². The number of hydrogen-bond acceptors (Lipinski definition) is 2. The number of benzene rings is 2. The Morgan fingerprint density at radius 1 is 1.05 bits per heavy atom. The van der Waals surface area contributed by atoms with Crippen LogP contribution in [-0.4, -0.2) is 6.29 Å². The third kappa shape index (κ3) is 4.69. The lowest BCUT2D eigenvalue weighted by atomic mass is 10.1. The molecule has 0 saturated carbocycles. The van der Waals surface area contributed by atoms with Gasteiger partial charge >= 0.3 is 0 Å². The summed E-state index contributed by atoms with van der Waals surface area (Å²) in [6.07, 6.45) is 4.01. The summed E-state index contributed by atoms with van der Waals surface area (Å²) in [6.45, 7) is 2.39. The van der Waals surface area contributed by atoms with Crippen LogP contribution < -0.4 is 4.74 Å². The normalized spacial score (nSPS) is 10.5. The van der Waals surface area contributed by atoms with Crippen molar-refractivity contribution >= 4 is 6.29 Å². The van der Waals surface area contributed by atoms with Crippen LogP contribution in [-0.2, 0) is 24.2 Å². The molecule has 2 aromatic carbocycles. The van der Waals surface area contributed by atoms with Crippen molar-refractivity contribution in [2.75, 3.05) is 0 Å². The lowest BCUT2D eigenvalue weighted by Gasteiger charge is -2.09. The summed E-state index contributed by atoms with van der Waals surface area (Å²) in [5.74, 6) is -0.0405. The molecule has 0 aliphatic rings. The van der Waals surface area contributed by atoms with Crippen molar-refractivity contribution in [1.82, 2.24) is 0 Å². The molecule has 0 unspecified atom stereocenters. The predicted molar refractivity (Wildman–Crippen MR) is 85.6 cm³/mol. The van der Waals surface area contributed by atoms with E-state index in [1.165, 1.54) is 0 Å². The smallest absolute Gasteiger partial charge is 0.165 e. The second-order valence-corrected chi connectivity index (χ2v) is 5.33. The number of rotatable bonds is 8. The second-order valence-electron chi connectivity index (χ2n) is 5.33. The van der Waals surface area contributed by atoms with Gasteiger partial charge in [0, 0.05) is 6.42 Å². The van der Waals surface area contributed by atoms with Crippen LogP contribution in [0.5, 0.6) is 5.75 Å². The van der Waals surface area contributed by atoms with E-state index >= 15 is 0 Å². The molecule has 0 heterocycles. The van der Waals surface area contributed by atoms with Gasteiger partial charge < -0.3 is 9.53 Å². The predicted octanol–water partition coefficient (Wildman–Crippen LogP) is 4.49. The Labute approximate surface area is 130 Å². The van der Waals surface area contributed by atoms with E-state index in [1.807, 2.05) is 30.3 Å². The lowest BCUT2D eigenvalue weighted by molar-refractivity contribution is -0.107. The quantitative estimate of drug-likeness (QED) is 0.671. The first kappa shape index (κ1) is 16.2. The molecule has 2 rings (SSSR count). The first-order valence-corrected chi connectivity index (χ1v) is 7.65. The van der Waals surface area contributed by atoms with Crippen LogP contribution in [0.25, 0.3) is 0 Å². The van der Waals surface area contributed by atoms with E-state index in [4.69, 9.17) is 4.74 Å². The average Bonchev–Trinajstić information content (AvgIpc) is 2.53. The summed E-state index contributed by atoms with van der Waals surface area (Å²) in [4.78, 5) is 10.4. The van der Waals surface area contributed by atoms with E-state index in [-0.39, 0.29) is 11.6 Å². The number of carbonyl (C=O) groups is 1. The van der Waals surface area contributed by atoms with Crippen molar-refractivity contribution in [3.05, 3.63) is 65.0 Å². The van der Waals surface area contributed by atoms with E-state index in [0.717, 1.165) is 42.2 Å². The van der Waals surface area contributed by atoms with Gasteiger partial charge in [-0.2, -0.15) is 0 Å². The van der Waals surface area contributed by atoms with Crippen molar-refractivity contribution in [2.24, 2.45) is 0 Å². The SMILES string of the molecule is CCCc1ccc(OCc2cccc(CCC=O)c2)c(F)c1. The Bertz CT molecular complexity index is 623. The van der Waals surface area contributed by atoms with E-state index in [9.17, 15) is 9.18 Å². The van der Waals surface area contributed by atoms with E-state index in [2.05, 4.69) is 6.92 Å². The molecule has 0 radical (unpaired) electrons. The third-order valence-corrected chi connectivity index (χ3v) is 3.47. The zero-order valence-electron chi connectivity index (χ0n) is 12.8. The number of aldehydes is 1. The number of halogens is 1. The van der Waals surface area contributed by atoms with Crippen molar-refractivity contribution < 1.29 is 13.9 Å². The lowest BCUT2D eigenvalue weighted by Crippen LogP contribution is -1.99. The summed E-state index contributed by atoms with van der Waals surface area (Å²) >= 11 is 0. The van der Waals surface area contributed by atoms with Crippen LogP contribution in [0.1, 0.15) is 36.5 Å². The van der Waals surface area contributed by atoms with Crippen molar-refractivity contribution in [3.8, 4) is 5.75 Å². The monoisotopic (exact) mass is 300 g/mol. The van der Waals surface area contributed by atoms with Crippen molar-refractivity contribution in [2.45, 2.75) is 39.2 Å². The van der Waals surface area contributed by atoms with Crippen molar-refractivity contribution in [1.29, 1.82) is 0 Å². The summed E-state index contributed by atoms with van der Waals surface area (Å²) in [5, 5.41) is 0. The zero-order chi connectivity index (χ0) is 15.8. The number of carbonyl (C=O) groups excluding carboxylic acids is 1. The highest BCUT2D eigenvalue weighted by Gasteiger charge is 2.05. The standard InChI is InChI=1S/C19H21FO2/c1-2-5-15-9-10-19(18(20)13-15)22-14-17-7-3-6-16(12-17)8-4-11-21/h3,6-7,9-13H,2,4-5,8,14H2,1H3. The van der Waals surface area contributed by atoms with Crippen LogP contribution in [0.2, 0.25) is 0 Å². The van der Waals surface area contributed by atoms with Gasteiger partial charge in [0.15, 0.2) is 11.6 Å². The van der Waals surface area contributed by atoms with E-state index in [0.29, 0.717) is 13.0 Å². The van der Waals surface area contributed by atoms with Gasteiger partial charge in [0.05, 0.1) is 0 Å². The Balaban J connectivity index is 1.99. The molecule has 22 heavy (non-hydrogen) atoms. The van der Waals surface area contributed by atoms with E-state index < -0.39 is 0 Å². The first-order chi connectivity index (χ1) is 10.7. The minimum atomic E-state index is -0.317. The van der Waals surface area contributed by atoms with Gasteiger partial charge in [0.25, 0.3) is 0 Å². The minimum Gasteiger partial charge on any atom is -0.486 e. The molecule has 116 valence electrons. The Morgan fingerprint density at radius 2 is 1.82 bits per heavy atom. The molecule has 0 aliphatic heterocycles. The summed E-state index contributed by atoms with van der Waals surface area (Å²) in [7, 11) is 0. The Morgan fingerprint density at radius 3 is 2.55 bits per heavy atom. The maximum atomic E-state index is 14.0. The Hall–Kier alpha value is -2.16. The highest BCUT2D eigenvalue weighted by molar-refractivity contribution is 5.50. The van der Waals surface area contributed by atoms with Crippen molar-refractivity contribution in [3.63, 3.8) is 0 Å². The molecule has 0 aliphatic carbocycles. The average molecular weight is 300 g/mol. The number of ether oxygens (including phenoxy) is 1. The molecule has 3 heteroatoms. The second kappa shape index (κ2) is 8.32. The van der Waals surface area contributed by atoms with Crippen LogP contribution in [0.15, 0.2) is 42.5 Å². The molecule has 0 spiro atoms. The highest BCUT2D eigenvalue weighted by atomic mass is 19.1. The molecule has 0 atom stereocenters. The van der Waals surface area contributed by atoms with Crippen LogP contribution in [0.4, 0.5) is 4.39 Å². The molecule has 0 amide bonds. The fourth-order valence-electron chi connectivity index (χ4n) is 2.37. The number of aryl methyl sites for hydroxylation is 2. The van der Waals surface area contributed by atoms with Gasteiger partial charge in [0.1, 0.15) is 12.9 Å². The first-order valence-electron chi connectivity index (χ1n) is 7.65. The molecule has 0 N–H and O–H groups in total. The topological polar surface area (TPSA) is 26.3 Å². The fraction of sp³-hybridized carbons (Fsp3) is 0.316. The van der Waals surface area contributed by atoms with Gasteiger partial charge in [-0.25, -0.2) is 4.39 Å². The van der Waals surface area contributed by atoms with Gasteiger partial charge in [-0.05, 0) is 41.7 Å². The van der Waals surface area contributed by atoms with Gasteiger partial charge in [-0.15, -0.1) is 0 Å². The molecule has 2 aromatic rings. The van der Waals surface area contributed by atoms with E-state index in [1.54, 1.807) is 12.1 Å². The molecule has 0 aromatic heterocycles. The summed E-state index contributed by atoms with van der Waals surface area (Å²) in [5.41, 5.74) is 3.05. The molecule has 0 fully saturated rings. The third-order valence-electron chi connectivity index (χ3n) is 3.47. The van der Waals surface area contributed by atoms with Crippen LogP contribution in [0.3, 0.4) is 0 Å². The maximum Gasteiger partial charge on any atom is 0.165 e. The summed E-state index contributed by atoms with van der Waals surface area (Å²) in [6, 6.07) is 13.0. The Kier molecular flexibility index (Phi) is 6.13. The zero-order valence-corrected chi connectivity index (χ0v) is 12.8. The largest absolute Gasteiger partial charge is 0.486 e. The highest BCUT2D eigenvalue weighted by Crippen LogP contribution is 2.20. The molecule has 2 nitrogen and oxygen atoms in total. The molecule has 0 saturated heterocycles. The molecular weight excluding hydrogens is 279 g/mol. The summed E-state index contributed by atoms with van der Waals surface area (Å²) < 4.78 is 19.5. The van der Waals surface area contributed by atoms with Crippen LogP contribution in [0, 0.1) is 5.82 Å². The maximum absolute atomic E-state index is 14.0. The fourth-order valence-corrected chi connectivity index (χ4v) is 2.37.